The van der Waals surface area contributed by atoms with E-state index in [0.717, 1.165) is 5.56 Å². The maximum Gasteiger partial charge on any atom is 0.315 e. The summed E-state index contributed by atoms with van der Waals surface area (Å²) in [4.78, 5) is 50.1. The lowest BCUT2D eigenvalue weighted by Gasteiger charge is -2.25. The first-order chi connectivity index (χ1) is 15.2. The zero-order valence-electron chi connectivity index (χ0n) is 19.1. The van der Waals surface area contributed by atoms with Crippen LogP contribution < -0.4 is 16.0 Å². The van der Waals surface area contributed by atoms with Crippen LogP contribution in [0, 0.1) is 6.92 Å². The van der Waals surface area contributed by atoms with E-state index in [1.807, 2.05) is 20.8 Å². The molecule has 0 aliphatic carbocycles. The Morgan fingerprint density at radius 1 is 1.19 bits per heavy atom. The third kappa shape index (κ3) is 6.36. The van der Waals surface area contributed by atoms with Gasteiger partial charge in [0.05, 0.1) is 6.04 Å². The molecule has 3 atom stereocenters. The van der Waals surface area contributed by atoms with Gasteiger partial charge in [0.25, 0.3) is 0 Å². The molecule has 2 aliphatic heterocycles. The highest BCUT2D eigenvalue weighted by Gasteiger charge is 2.42. The summed E-state index contributed by atoms with van der Waals surface area (Å²) in [6, 6.07) is -1.13. The van der Waals surface area contributed by atoms with Gasteiger partial charge in [-0.2, -0.15) is 0 Å². The predicted octanol–water partition coefficient (Wildman–Crippen LogP) is -0.591. The highest BCUT2D eigenvalue weighted by Crippen LogP contribution is 2.24. The minimum Gasteiger partial charge on any atom is -0.375 e. The summed E-state index contributed by atoms with van der Waals surface area (Å²) in [5.74, 6) is 0.212. The van der Waals surface area contributed by atoms with Crippen molar-refractivity contribution in [2.45, 2.75) is 57.9 Å². The van der Waals surface area contributed by atoms with Crippen LogP contribution >= 0.6 is 0 Å². The molecule has 0 bridgehead atoms. The number of hydrogen-bond acceptors (Lipinski definition) is 7. The van der Waals surface area contributed by atoms with E-state index in [9.17, 15) is 14.4 Å². The minimum atomic E-state index is -0.697. The lowest BCUT2D eigenvalue weighted by Crippen LogP contribution is -2.52. The summed E-state index contributed by atoms with van der Waals surface area (Å²) in [7, 11) is 1.44. The zero-order valence-corrected chi connectivity index (χ0v) is 19.1. The minimum absolute atomic E-state index is 0.0245. The molecule has 0 radical (unpaired) electrons. The van der Waals surface area contributed by atoms with Gasteiger partial charge in [-0.1, -0.05) is 0 Å². The highest BCUT2D eigenvalue weighted by molar-refractivity contribution is 5.89. The van der Waals surface area contributed by atoms with Crippen molar-refractivity contribution in [1.82, 2.24) is 35.7 Å². The van der Waals surface area contributed by atoms with E-state index >= 15 is 0 Å². The average molecular weight is 448 g/mol. The number of aromatic nitrogens is 2. The van der Waals surface area contributed by atoms with Gasteiger partial charge < -0.3 is 25.6 Å². The normalized spacial score (nSPS) is 23.6. The molecule has 1 aromatic rings. The van der Waals surface area contributed by atoms with Crippen molar-refractivity contribution in [3.8, 4) is 0 Å². The summed E-state index contributed by atoms with van der Waals surface area (Å²) < 4.78 is 4.90. The van der Waals surface area contributed by atoms with Crippen LogP contribution in [0.2, 0.25) is 0 Å². The van der Waals surface area contributed by atoms with Gasteiger partial charge in [0.2, 0.25) is 11.8 Å². The largest absolute Gasteiger partial charge is 0.375 e. The first kappa shape index (κ1) is 23.9. The summed E-state index contributed by atoms with van der Waals surface area (Å²) in [6.07, 6.45) is 4.21. The molecule has 11 heteroatoms. The maximum atomic E-state index is 13.3. The first-order valence-electron chi connectivity index (χ1n) is 10.9. The quantitative estimate of drug-likeness (QED) is 0.509. The van der Waals surface area contributed by atoms with Crippen LogP contribution in [0.25, 0.3) is 0 Å². The van der Waals surface area contributed by atoms with Crippen molar-refractivity contribution >= 4 is 17.8 Å². The van der Waals surface area contributed by atoms with E-state index in [4.69, 9.17) is 4.74 Å². The van der Waals surface area contributed by atoms with Crippen molar-refractivity contribution in [2.24, 2.45) is 0 Å². The highest BCUT2D eigenvalue weighted by atomic mass is 16.5. The van der Waals surface area contributed by atoms with Gasteiger partial charge in [0.1, 0.15) is 18.5 Å². The van der Waals surface area contributed by atoms with Gasteiger partial charge in [-0.15, -0.1) is 0 Å². The fraction of sp³-hybridized carbons (Fsp3) is 0.667. The monoisotopic (exact) mass is 447 g/mol. The molecule has 2 saturated heterocycles. The molecule has 3 heterocycles. The Kier molecular flexibility index (Phi) is 7.97. The van der Waals surface area contributed by atoms with Crippen molar-refractivity contribution in [2.75, 3.05) is 33.4 Å². The van der Waals surface area contributed by atoms with Gasteiger partial charge in [-0.3, -0.25) is 14.5 Å². The number of rotatable bonds is 7. The van der Waals surface area contributed by atoms with E-state index in [0.29, 0.717) is 38.4 Å². The summed E-state index contributed by atoms with van der Waals surface area (Å²) in [6.45, 7) is 7.47. The Morgan fingerprint density at radius 3 is 2.56 bits per heavy atom. The number of amides is 4. The fourth-order valence-corrected chi connectivity index (χ4v) is 4.23. The van der Waals surface area contributed by atoms with Crippen LogP contribution in [0.4, 0.5) is 4.79 Å². The Balaban J connectivity index is 1.74. The van der Waals surface area contributed by atoms with Crippen LogP contribution in [-0.2, 0) is 20.9 Å². The number of methoxy groups -OCH3 is 1. The molecular formula is C21H33N7O4. The molecule has 0 saturated carbocycles. The third-order valence-electron chi connectivity index (χ3n) is 5.51. The molecule has 3 rings (SSSR count). The molecule has 4 amide bonds. The first-order valence-corrected chi connectivity index (χ1v) is 10.9. The Labute approximate surface area is 188 Å². The van der Waals surface area contributed by atoms with Crippen LogP contribution in [0.15, 0.2) is 12.4 Å². The van der Waals surface area contributed by atoms with Crippen LogP contribution in [0.3, 0.4) is 0 Å². The second kappa shape index (κ2) is 10.7. The van der Waals surface area contributed by atoms with Crippen LogP contribution in [-0.4, -0.2) is 95.1 Å². The molecule has 32 heavy (non-hydrogen) atoms. The maximum absolute atomic E-state index is 13.3. The Hall–Kier alpha value is -2.79. The van der Waals surface area contributed by atoms with Gasteiger partial charge in [-0.05, 0) is 27.2 Å². The molecule has 2 aliphatic rings. The number of aryl methyl sites for hydroxylation is 1. The number of hydrogen-bond donors (Lipinski definition) is 3. The third-order valence-corrected chi connectivity index (χ3v) is 5.51. The van der Waals surface area contributed by atoms with Crippen molar-refractivity contribution < 1.29 is 19.1 Å². The molecule has 0 aromatic carbocycles. The number of urea groups is 1. The van der Waals surface area contributed by atoms with E-state index in [2.05, 4.69) is 30.8 Å². The number of ether oxygens (including phenoxy) is 1. The van der Waals surface area contributed by atoms with Crippen LogP contribution in [0.5, 0.6) is 0 Å². The summed E-state index contributed by atoms with van der Waals surface area (Å²) in [5.41, 5.74) is 0.933. The lowest BCUT2D eigenvalue weighted by atomic mass is 10.1. The second-order valence-corrected chi connectivity index (χ2v) is 8.74. The Bertz CT molecular complexity index is 817. The standard InChI is InChI=1S/C21H33N7O4/c1-13(2)24-21(31)25-16-5-17-10-27(8-15-6-22-14(3)23-7-15)11-18(20(30)28(17)9-16)26-19(29)12-32-4/h6-7,13,16-18H,5,8-12H2,1-4H3,(H,26,29)(H2,24,25,31)/t16-,17-,18-/m0/s1. The molecule has 2 fully saturated rings. The van der Waals surface area contributed by atoms with Crippen molar-refractivity contribution in [3.05, 3.63) is 23.8 Å². The van der Waals surface area contributed by atoms with Gasteiger partial charge >= 0.3 is 6.03 Å². The second-order valence-electron chi connectivity index (χ2n) is 8.74. The number of nitrogens with zero attached hydrogens (tertiary/aromatic N) is 4. The van der Waals surface area contributed by atoms with Crippen LogP contribution in [0.1, 0.15) is 31.7 Å². The van der Waals surface area contributed by atoms with Gasteiger partial charge in [0, 0.05) is 63.3 Å². The molecule has 11 nitrogen and oxygen atoms in total. The molecule has 176 valence electrons. The SMILES string of the molecule is COCC(=O)N[C@H]1CN(Cc2cnc(C)nc2)C[C@@H]2C[C@H](NC(=O)NC(C)C)CN2C1=O. The van der Waals surface area contributed by atoms with Gasteiger partial charge in [-0.25, -0.2) is 14.8 Å². The predicted molar refractivity (Wildman–Crippen MR) is 117 cm³/mol. The van der Waals surface area contributed by atoms with E-state index in [1.165, 1.54) is 7.11 Å². The van der Waals surface area contributed by atoms with Gasteiger partial charge in [0.15, 0.2) is 0 Å². The lowest BCUT2D eigenvalue weighted by molar-refractivity contribution is -0.137. The number of fused-ring (bicyclic) bond motifs is 1. The molecule has 0 spiro atoms. The average Bonchev–Trinajstić information content (AvgIpc) is 3.05. The molecule has 1 aromatic heterocycles. The van der Waals surface area contributed by atoms with Crippen molar-refractivity contribution in [1.29, 1.82) is 0 Å². The molecule has 0 unspecified atom stereocenters. The Morgan fingerprint density at radius 2 is 1.91 bits per heavy atom. The fourth-order valence-electron chi connectivity index (χ4n) is 4.23. The summed E-state index contributed by atoms with van der Waals surface area (Å²) >= 11 is 0. The zero-order chi connectivity index (χ0) is 23.3. The number of nitrogens with one attached hydrogen (secondary N) is 3. The van der Waals surface area contributed by atoms with E-state index < -0.39 is 6.04 Å². The smallest absolute Gasteiger partial charge is 0.315 e. The number of carbonyl (C=O) groups is 3. The topological polar surface area (TPSA) is 129 Å². The molecular weight excluding hydrogens is 414 g/mol. The van der Waals surface area contributed by atoms with E-state index in [-0.39, 0.29) is 42.6 Å². The number of carbonyl (C=O) groups excluding carboxylic acids is 3. The van der Waals surface area contributed by atoms with E-state index in [1.54, 1.807) is 17.3 Å². The summed E-state index contributed by atoms with van der Waals surface area (Å²) in [5, 5.41) is 8.59. The van der Waals surface area contributed by atoms with Crippen molar-refractivity contribution in [3.63, 3.8) is 0 Å². The molecule has 3 N–H and O–H groups in total.